The Morgan fingerprint density at radius 2 is 1.97 bits per heavy atom. The number of rotatable bonds is 4. The Morgan fingerprint density at radius 1 is 1.17 bits per heavy atom. The van der Waals surface area contributed by atoms with Crippen molar-refractivity contribution in [2.24, 2.45) is 0 Å². The molecule has 6 nitrogen and oxygen atoms in total. The highest BCUT2D eigenvalue weighted by Gasteiger charge is 2.21. The second-order valence-electron chi connectivity index (χ2n) is 7.37. The summed E-state index contributed by atoms with van der Waals surface area (Å²) < 4.78 is 1.07. The van der Waals surface area contributed by atoms with Crippen LogP contribution in [0.2, 0.25) is 0 Å². The first-order chi connectivity index (χ1) is 14.0. The summed E-state index contributed by atoms with van der Waals surface area (Å²) in [6.07, 6.45) is 1.21. The molecule has 0 bridgehead atoms. The quantitative estimate of drug-likeness (QED) is 0.556. The highest BCUT2D eigenvalue weighted by Crippen LogP contribution is 2.33. The minimum Gasteiger partial charge on any atom is -0.393 e. The Labute approximate surface area is 178 Å². The van der Waals surface area contributed by atoms with Crippen LogP contribution in [0.15, 0.2) is 40.9 Å². The van der Waals surface area contributed by atoms with Crippen LogP contribution in [0.1, 0.15) is 24.0 Å². The summed E-state index contributed by atoms with van der Waals surface area (Å²) in [6.45, 7) is 11.5. The Bertz CT molecular complexity index is 1090. The molecule has 1 aliphatic heterocycles. The van der Waals surface area contributed by atoms with Crippen molar-refractivity contribution in [1.82, 2.24) is 10.2 Å². The summed E-state index contributed by atoms with van der Waals surface area (Å²) in [6, 6.07) is 11.9. The fourth-order valence-corrected chi connectivity index (χ4v) is 4.00. The first-order valence-corrected chi connectivity index (χ1v) is 10.4. The van der Waals surface area contributed by atoms with Crippen LogP contribution < -0.4 is 10.2 Å². The summed E-state index contributed by atoms with van der Waals surface area (Å²) in [7, 11) is 0. The molecule has 7 heteroatoms. The van der Waals surface area contributed by atoms with Gasteiger partial charge in [-0.2, -0.15) is 0 Å². The summed E-state index contributed by atoms with van der Waals surface area (Å²) in [4.78, 5) is 5.74. The number of aliphatic hydroxyl groups is 1. The maximum atomic E-state index is 9.81. The molecule has 4 rings (SSSR count). The molecule has 0 amide bonds. The molecule has 0 atom stereocenters. The van der Waals surface area contributed by atoms with Crippen molar-refractivity contribution < 1.29 is 5.11 Å². The summed E-state index contributed by atoms with van der Waals surface area (Å²) >= 11 is 3.58. The van der Waals surface area contributed by atoms with Crippen LogP contribution in [0, 0.1) is 13.5 Å². The molecule has 2 heterocycles. The molecule has 2 aromatic carbocycles. The van der Waals surface area contributed by atoms with E-state index in [1.807, 2.05) is 18.2 Å². The van der Waals surface area contributed by atoms with Crippen LogP contribution in [-0.4, -0.2) is 34.5 Å². The Hall–Kier alpha value is -2.69. The van der Waals surface area contributed by atoms with Gasteiger partial charge in [0.15, 0.2) is 17.3 Å². The van der Waals surface area contributed by atoms with Gasteiger partial charge >= 0.3 is 0 Å². The van der Waals surface area contributed by atoms with Gasteiger partial charge < -0.3 is 15.3 Å². The molecule has 1 fully saturated rings. The highest BCUT2D eigenvalue weighted by atomic mass is 79.9. The van der Waals surface area contributed by atoms with Gasteiger partial charge in [-0.05, 0) is 43.0 Å². The molecule has 0 unspecified atom stereocenters. The zero-order chi connectivity index (χ0) is 20.4. The molecule has 0 radical (unpaired) electrons. The average Bonchev–Trinajstić information content (AvgIpc) is 2.74. The molecule has 0 aliphatic carbocycles. The van der Waals surface area contributed by atoms with E-state index in [0.29, 0.717) is 18.1 Å². The number of aryl methyl sites for hydroxylation is 1. The van der Waals surface area contributed by atoms with Gasteiger partial charge in [0.25, 0.3) is 0 Å². The zero-order valence-electron chi connectivity index (χ0n) is 16.2. The number of hydrogen-bond acceptors (Lipinski definition) is 5. The van der Waals surface area contributed by atoms with Crippen molar-refractivity contribution in [3.63, 3.8) is 0 Å². The third-order valence-electron chi connectivity index (χ3n) is 5.33. The number of benzene rings is 2. The minimum absolute atomic E-state index is 0.242. The molecule has 1 aromatic heterocycles. The SMILES string of the molecule is [C-]#[N+]c1ccc2c(N3CCC(O)CC3)nnc(NCc3ccc(C)c(Br)c3)c2c1. The van der Waals surface area contributed by atoms with Crippen molar-refractivity contribution in [2.45, 2.75) is 32.4 Å². The van der Waals surface area contributed by atoms with Crippen molar-refractivity contribution in [1.29, 1.82) is 0 Å². The first kappa shape index (κ1) is 19.6. The van der Waals surface area contributed by atoms with E-state index in [1.165, 1.54) is 5.56 Å². The van der Waals surface area contributed by atoms with E-state index in [1.54, 1.807) is 0 Å². The van der Waals surface area contributed by atoms with E-state index in [-0.39, 0.29) is 6.10 Å². The number of nitrogens with zero attached hydrogens (tertiary/aromatic N) is 4. The second-order valence-corrected chi connectivity index (χ2v) is 8.22. The van der Waals surface area contributed by atoms with Gasteiger partial charge in [0.05, 0.1) is 12.7 Å². The topological polar surface area (TPSA) is 65.6 Å². The molecule has 0 saturated carbocycles. The standard InChI is InChI=1S/C22H22BrN5O/c1-14-3-4-15(11-20(14)23)13-25-21-19-12-16(24-2)5-6-18(19)22(27-26-21)28-9-7-17(29)8-10-28/h3-6,11-12,17,29H,7-10,13H2,1H3,(H,25,26). The number of anilines is 2. The Kier molecular flexibility index (Phi) is 5.65. The van der Waals surface area contributed by atoms with Crippen molar-refractivity contribution in [3.8, 4) is 0 Å². The zero-order valence-corrected chi connectivity index (χ0v) is 17.8. The van der Waals surface area contributed by atoms with Gasteiger partial charge in [0, 0.05) is 34.9 Å². The number of aliphatic hydroxyl groups excluding tert-OH is 1. The van der Waals surface area contributed by atoms with Gasteiger partial charge in [-0.25, -0.2) is 4.85 Å². The monoisotopic (exact) mass is 451 g/mol. The van der Waals surface area contributed by atoms with Crippen LogP contribution in [0.3, 0.4) is 0 Å². The Balaban J connectivity index is 1.67. The number of piperidine rings is 1. The molecular weight excluding hydrogens is 430 g/mol. The fraction of sp³-hybridized carbons (Fsp3) is 0.318. The van der Waals surface area contributed by atoms with E-state index >= 15 is 0 Å². The average molecular weight is 452 g/mol. The smallest absolute Gasteiger partial charge is 0.188 e. The van der Waals surface area contributed by atoms with Crippen LogP contribution in [-0.2, 0) is 6.54 Å². The lowest BCUT2D eigenvalue weighted by atomic mass is 10.1. The number of nitrogens with one attached hydrogen (secondary N) is 1. The van der Waals surface area contributed by atoms with Gasteiger partial charge in [-0.15, -0.1) is 10.2 Å². The van der Waals surface area contributed by atoms with Crippen molar-refractivity contribution in [2.75, 3.05) is 23.3 Å². The van der Waals surface area contributed by atoms with Crippen LogP contribution in [0.25, 0.3) is 15.6 Å². The van der Waals surface area contributed by atoms with Crippen LogP contribution in [0.4, 0.5) is 17.3 Å². The van der Waals surface area contributed by atoms with Crippen molar-refractivity contribution >= 4 is 44.0 Å². The molecular formula is C22H22BrN5O. The normalized spacial score (nSPS) is 14.8. The van der Waals surface area contributed by atoms with Gasteiger partial charge in [0.2, 0.25) is 0 Å². The van der Waals surface area contributed by atoms with Gasteiger partial charge in [-0.3, -0.25) is 0 Å². The van der Waals surface area contributed by atoms with E-state index in [2.05, 4.69) is 66.3 Å². The summed E-state index contributed by atoms with van der Waals surface area (Å²) in [5, 5.41) is 24.0. The van der Waals surface area contributed by atoms with E-state index in [4.69, 9.17) is 6.57 Å². The molecule has 29 heavy (non-hydrogen) atoms. The van der Waals surface area contributed by atoms with E-state index < -0.39 is 0 Å². The molecule has 2 N–H and O–H groups in total. The molecule has 1 saturated heterocycles. The minimum atomic E-state index is -0.242. The largest absolute Gasteiger partial charge is 0.393 e. The number of aromatic nitrogens is 2. The number of hydrogen-bond donors (Lipinski definition) is 2. The maximum Gasteiger partial charge on any atom is 0.188 e. The maximum absolute atomic E-state index is 9.81. The van der Waals surface area contributed by atoms with Crippen LogP contribution >= 0.6 is 15.9 Å². The Morgan fingerprint density at radius 3 is 2.69 bits per heavy atom. The lowest BCUT2D eigenvalue weighted by Crippen LogP contribution is -2.36. The number of halogens is 1. The lowest BCUT2D eigenvalue weighted by Gasteiger charge is -2.31. The third kappa shape index (κ3) is 4.19. The summed E-state index contributed by atoms with van der Waals surface area (Å²) in [5.41, 5.74) is 2.90. The first-order valence-electron chi connectivity index (χ1n) is 9.65. The molecule has 1 aliphatic rings. The second kappa shape index (κ2) is 8.36. The third-order valence-corrected chi connectivity index (χ3v) is 6.19. The summed E-state index contributed by atoms with van der Waals surface area (Å²) in [5.74, 6) is 1.48. The molecule has 148 valence electrons. The number of fused-ring (bicyclic) bond motifs is 1. The lowest BCUT2D eigenvalue weighted by molar-refractivity contribution is 0.145. The van der Waals surface area contributed by atoms with Gasteiger partial charge in [0.1, 0.15) is 0 Å². The van der Waals surface area contributed by atoms with Gasteiger partial charge in [-0.1, -0.05) is 40.2 Å². The van der Waals surface area contributed by atoms with E-state index in [0.717, 1.165) is 52.6 Å². The predicted octanol–water partition coefficient (Wildman–Crippen LogP) is 4.82. The molecule has 3 aromatic rings. The fourth-order valence-electron chi connectivity index (χ4n) is 3.57. The van der Waals surface area contributed by atoms with Crippen LogP contribution in [0.5, 0.6) is 0 Å². The van der Waals surface area contributed by atoms with E-state index in [9.17, 15) is 5.11 Å². The highest BCUT2D eigenvalue weighted by molar-refractivity contribution is 9.10. The molecule has 0 spiro atoms. The predicted molar refractivity (Wildman–Crippen MR) is 119 cm³/mol. The van der Waals surface area contributed by atoms with Crippen molar-refractivity contribution in [3.05, 3.63) is 63.4 Å².